The number of carbonyl (C=O) groups excluding carboxylic acids is 1. The van der Waals surface area contributed by atoms with Gasteiger partial charge in [0.05, 0.1) is 23.0 Å². The van der Waals surface area contributed by atoms with E-state index in [1.54, 1.807) is 24.3 Å². The molecule has 1 aliphatic heterocycles. The summed E-state index contributed by atoms with van der Waals surface area (Å²) in [5.74, 6) is 0.600. The molecule has 0 radical (unpaired) electrons. The highest BCUT2D eigenvalue weighted by Crippen LogP contribution is 2.31. The smallest absolute Gasteiger partial charge is 0.261 e. The van der Waals surface area contributed by atoms with E-state index in [9.17, 15) is 13.2 Å². The number of nitrogens with one attached hydrogen (secondary N) is 1. The van der Waals surface area contributed by atoms with Crippen LogP contribution in [0.1, 0.15) is 39.2 Å². The Morgan fingerprint density at radius 1 is 1.16 bits per heavy atom. The van der Waals surface area contributed by atoms with E-state index in [1.807, 2.05) is 20.8 Å². The minimum Gasteiger partial charge on any atom is -0.379 e. The van der Waals surface area contributed by atoms with Crippen molar-refractivity contribution in [1.82, 2.24) is 19.6 Å². The number of fused-ring (bicyclic) bond motifs is 1. The van der Waals surface area contributed by atoms with Crippen molar-refractivity contribution in [2.75, 3.05) is 26.3 Å². The average molecular weight is 475 g/mol. The Bertz CT molecular complexity index is 1250. The topological polar surface area (TPSA) is 101 Å². The number of aromatic nitrogens is 2. The predicted octanol–water partition coefficient (Wildman–Crippen LogP) is 2.82. The molecule has 0 spiro atoms. The molecule has 8 nitrogen and oxygen atoms in total. The van der Waals surface area contributed by atoms with E-state index in [0.717, 1.165) is 39.3 Å². The van der Waals surface area contributed by atoms with Crippen LogP contribution in [0, 0.1) is 13.8 Å². The highest BCUT2D eigenvalue weighted by atomic mass is 32.2. The zero-order valence-corrected chi connectivity index (χ0v) is 20.0. The molecule has 1 aromatic carbocycles. The molecule has 1 N–H and O–H groups in total. The van der Waals surface area contributed by atoms with E-state index in [4.69, 9.17) is 4.74 Å². The van der Waals surface area contributed by atoms with Crippen LogP contribution in [0.15, 0.2) is 29.2 Å². The lowest BCUT2D eigenvalue weighted by molar-refractivity contribution is 0.0730. The van der Waals surface area contributed by atoms with Crippen LogP contribution in [0.25, 0.3) is 10.2 Å². The first-order chi connectivity index (χ1) is 15.3. The minimum atomic E-state index is -3.53. The summed E-state index contributed by atoms with van der Waals surface area (Å²) in [4.78, 5) is 23.6. The molecule has 10 heteroatoms. The van der Waals surface area contributed by atoms with Gasteiger partial charge in [-0.05, 0) is 37.1 Å². The van der Waals surface area contributed by atoms with E-state index in [1.165, 1.54) is 15.6 Å². The number of amides is 1. The second kappa shape index (κ2) is 9.22. The van der Waals surface area contributed by atoms with Crippen molar-refractivity contribution in [3.8, 4) is 0 Å². The van der Waals surface area contributed by atoms with Gasteiger partial charge in [-0.3, -0.25) is 4.79 Å². The van der Waals surface area contributed by atoms with Gasteiger partial charge in [-0.25, -0.2) is 18.4 Å². The van der Waals surface area contributed by atoms with E-state index < -0.39 is 10.0 Å². The van der Waals surface area contributed by atoms with Gasteiger partial charge in [-0.15, -0.1) is 11.3 Å². The number of hydrogen-bond acceptors (Lipinski definition) is 7. The van der Waals surface area contributed by atoms with Crippen molar-refractivity contribution in [1.29, 1.82) is 0 Å². The Labute approximate surface area is 191 Å². The van der Waals surface area contributed by atoms with Crippen molar-refractivity contribution in [3.63, 3.8) is 0 Å². The molecule has 0 saturated carbocycles. The summed E-state index contributed by atoms with van der Waals surface area (Å²) in [6.07, 6.45) is 0.743. The molecule has 0 bridgehead atoms. The SMILES string of the molecule is CCc1nc(C)c2c(C)c(C(=O)NCc3ccc(S(=O)(=O)N4CCOCC4)cc3)sc2n1. The molecule has 4 rings (SSSR count). The summed E-state index contributed by atoms with van der Waals surface area (Å²) in [6.45, 7) is 7.70. The maximum Gasteiger partial charge on any atom is 0.261 e. The number of rotatable bonds is 6. The summed E-state index contributed by atoms with van der Waals surface area (Å²) in [6, 6.07) is 6.63. The molecule has 0 unspecified atom stereocenters. The number of benzene rings is 1. The van der Waals surface area contributed by atoms with Crippen molar-refractivity contribution in [2.45, 2.75) is 38.6 Å². The molecule has 1 saturated heterocycles. The van der Waals surface area contributed by atoms with Gasteiger partial charge < -0.3 is 10.1 Å². The average Bonchev–Trinajstić information content (AvgIpc) is 3.15. The van der Waals surface area contributed by atoms with Crippen molar-refractivity contribution < 1.29 is 17.9 Å². The number of hydrogen-bond donors (Lipinski definition) is 1. The van der Waals surface area contributed by atoms with Crippen LogP contribution in [0.4, 0.5) is 0 Å². The van der Waals surface area contributed by atoms with Gasteiger partial charge in [0.2, 0.25) is 10.0 Å². The number of aryl methyl sites for hydroxylation is 3. The second-order valence-electron chi connectivity index (χ2n) is 7.66. The third-order valence-corrected chi connectivity index (χ3v) is 8.62. The number of thiophene rings is 1. The van der Waals surface area contributed by atoms with Gasteiger partial charge in [0.15, 0.2) is 0 Å². The predicted molar refractivity (Wildman–Crippen MR) is 123 cm³/mol. The van der Waals surface area contributed by atoms with Gasteiger partial charge >= 0.3 is 0 Å². The third kappa shape index (κ3) is 4.40. The number of morpholine rings is 1. The fourth-order valence-electron chi connectivity index (χ4n) is 3.75. The van der Waals surface area contributed by atoms with E-state index in [-0.39, 0.29) is 10.8 Å². The minimum absolute atomic E-state index is 0.173. The van der Waals surface area contributed by atoms with Gasteiger partial charge in [-0.2, -0.15) is 4.31 Å². The number of nitrogens with zero attached hydrogens (tertiary/aromatic N) is 3. The number of sulfonamides is 1. The fourth-order valence-corrected chi connectivity index (χ4v) is 6.32. The van der Waals surface area contributed by atoms with Crippen LogP contribution in [0.5, 0.6) is 0 Å². The Balaban J connectivity index is 1.46. The van der Waals surface area contributed by atoms with Crippen LogP contribution in [-0.4, -0.2) is 54.9 Å². The van der Waals surface area contributed by atoms with Gasteiger partial charge in [0.1, 0.15) is 10.7 Å². The van der Waals surface area contributed by atoms with Crippen molar-refractivity contribution >= 4 is 37.5 Å². The van der Waals surface area contributed by atoms with Gasteiger partial charge in [0.25, 0.3) is 5.91 Å². The van der Waals surface area contributed by atoms with Crippen LogP contribution < -0.4 is 5.32 Å². The summed E-state index contributed by atoms with van der Waals surface area (Å²) >= 11 is 1.37. The molecular formula is C22H26N4O4S2. The first-order valence-corrected chi connectivity index (χ1v) is 12.8. The Hall–Kier alpha value is -2.40. The largest absolute Gasteiger partial charge is 0.379 e. The van der Waals surface area contributed by atoms with Crippen LogP contribution >= 0.6 is 11.3 Å². The Morgan fingerprint density at radius 2 is 1.84 bits per heavy atom. The maximum atomic E-state index is 12.8. The summed E-state index contributed by atoms with van der Waals surface area (Å²) in [7, 11) is -3.53. The summed E-state index contributed by atoms with van der Waals surface area (Å²) < 4.78 is 32.1. The molecule has 1 aliphatic rings. The molecule has 170 valence electrons. The van der Waals surface area contributed by atoms with E-state index >= 15 is 0 Å². The van der Waals surface area contributed by atoms with Gasteiger partial charge in [0, 0.05) is 37.1 Å². The molecule has 1 amide bonds. The highest BCUT2D eigenvalue weighted by molar-refractivity contribution is 7.89. The fraction of sp³-hybridized carbons (Fsp3) is 0.409. The molecule has 3 heterocycles. The van der Waals surface area contributed by atoms with Crippen LogP contribution in [0.2, 0.25) is 0 Å². The molecule has 0 aliphatic carbocycles. The van der Waals surface area contributed by atoms with Crippen molar-refractivity contribution in [2.24, 2.45) is 0 Å². The van der Waals surface area contributed by atoms with Crippen molar-refractivity contribution in [3.05, 3.63) is 51.8 Å². The molecule has 3 aromatic rings. The third-order valence-electron chi connectivity index (χ3n) is 5.52. The van der Waals surface area contributed by atoms with Gasteiger partial charge in [-0.1, -0.05) is 19.1 Å². The zero-order valence-electron chi connectivity index (χ0n) is 18.3. The first-order valence-electron chi connectivity index (χ1n) is 10.5. The standard InChI is InChI=1S/C22H26N4O4S2/c1-4-18-24-15(3)19-14(2)20(31-22(19)25-18)21(27)23-13-16-5-7-17(8-6-16)32(28,29)26-9-11-30-12-10-26/h5-8H,4,9-13H2,1-3H3,(H,23,27). The van der Waals surface area contributed by atoms with E-state index in [2.05, 4.69) is 15.3 Å². The second-order valence-corrected chi connectivity index (χ2v) is 10.6. The molecule has 1 fully saturated rings. The quantitative estimate of drug-likeness (QED) is 0.590. The Kier molecular flexibility index (Phi) is 6.57. The van der Waals surface area contributed by atoms with Crippen LogP contribution in [0.3, 0.4) is 0 Å². The normalized spacial score (nSPS) is 15.2. The lowest BCUT2D eigenvalue weighted by Gasteiger charge is -2.26. The summed E-state index contributed by atoms with van der Waals surface area (Å²) in [5, 5.41) is 3.87. The molecule has 32 heavy (non-hydrogen) atoms. The molecule has 2 aromatic heterocycles. The lowest BCUT2D eigenvalue weighted by atomic mass is 10.1. The maximum absolute atomic E-state index is 12.8. The highest BCUT2D eigenvalue weighted by Gasteiger charge is 2.26. The lowest BCUT2D eigenvalue weighted by Crippen LogP contribution is -2.40. The zero-order chi connectivity index (χ0) is 22.9. The van der Waals surface area contributed by atoms with E-state index in [0.29, 0.717) is 37.7 Å². The molecule has 0 atom stereocenters. The molecular weight excluding hydrogens is 448 g/mol. The number of ether oxygens (including phenoxy) is 1. The monoisotopic (exact) mass is 474 g/mol. The first kappa shape index (κ1) is 22.8. The Morgan fingerprint density at radius 3 is 2.50 bits per heavy atom. The van der Waals surface area contributed by atoms with Crippen LogP contribution in [-0.2, 0) is 27.7 Å². The summed E-state index contributed by atoms with van der Waals surface area (Å²) in [5.41, 5.74) is 2.59. The number of carbonyl (C=O) groups is 1.